The van der Waals surface area contributed by atoms with E-state index in [4.69, 9.17) is 20.4 Å². The summed E-state index contributed by atoms with van der Waals surface area (Å²) in [6.45, 7) is 1.94. The lowest BCUT2D eigenvalue weighted by Crippen LogP contribution is -2.00. The van der Waals surface area contributed by atoms with Gasteiger partial charge in [-0.2, -0.15) is 0 Å². The first-order valence-corrected chi connectivity index (χ1v) is 10.0. The van der Waals surface area contributed by atoms with Crippen LogP contribution in [0, 0.1) is 6.92 Å². The quantitative estimate of drug-likeness (QED) is 0.378. The summed E-state index contributed by atoms with van der Waals surface area (Å²) >= 11 is 8.84. The van der Waals surface area contributed by atoms with Crippen LogP contribution in [0.2, 0.25) is 5.02 Å². The van der Waals surface area contributed by atoms with Crippen LogP contribution in [-0.2, 0) is 12.2 Å². The molecule has 138 valence electrons. The van der Waals surface area contributed by atoms with Gasteiger partial charge in [0.2, 0.25) is 5.89 Å². The van der Waals surface area contributed by atoms with E-state index in [1.165, 1.54) is 23.9 Å². The second-order valence-electron chi connectivity index (χ2n) is 5.68. The largest absolute Gasteiger partial charge is 0.506 e. The summed E-state index contributed by atoms with van der Waals surface area (Å²) in [6, 6.07) is 4.28. The third-order valence-corrected chi connectivity index (χ3v) is 5.69. The number of hydrogen-bond acceptors (Lipinski definition) is 9. The van der Waals surface area contributed by atoms with E-state index in [1.807, 2.05) is 12.3 Å². The minimum Gasteiger partial charge on any atom is -0.506 e. The second kappa shape index (κ2) is 7.34. The number of thioether (sulfide) groups is 1. The summed E-state index contributed by atoms with van der Waals surface area (Å²) in [6.07, 6.45) is 0.477. The maximum Gasteiger partial charge on any atom is 0.336 e. The highest BCUT2D eigenvalue weighted by Gasteiger charge is 2.13. The van der Waals surface area contributed by atoms with Crippen molar-refractivity contribution in [2.75, 3.05) is 0 Å². The van der Waals surface area contributed by atoms with Crippen LogP contribution in [0.25, 0.3) is 11.0 Å². The topological polar surface area (TPSA) is 102 Å². The highest BCUT2D eigenvalue weighted by Crippen LogP contribution is 2.32. The molecule has 10 heteroatoms. The van der Waals surface area contributed by atoms with Crippen LogP contribution >= 0.6 is 34.7 Å². The first kappa shape index (κ1) is 18.0. The molecule has 0 fully saturated rings. The smallest absolute Gasteiger partial charge is 0.336 e. The Hall–Kier alpha value is -2.36. The zero-order chi connectivity index (χ0) is 19.0. The molecule has 0 aliphatic rings. The van der Waals surface area contributed by atoms with Gasteiger partial charge in [0.05, 0.1) is 22.1 Å². The lowest BCUT2D eigenvalue weighted by atomic mass is 10.1. The number of phenols is 1. The van der Waals surface area contributed by atoms with Crippen LogP contribution in [0.1, 0.15) is 22.2 Å². The van der Waals surface area contributed by atoms with Crippen molar-refractivity contribution in [3.8, 4) is 5.75 Å². The van der Waals surface area contributed by atoms with Crippen molar-refractivity contribution in [3.05, 3.63) is 61.2 Å². The number of nitrogens with zero attached hydrogens (tertiary/aromatic N) is 3. The third-order valence-electron chi connectivity index (χ3n) is 3.70. The van der Waals surface area contributed by atoms with Crippen molar-refractivity contribution in [1.29, 1.82) is 0 Å². The first-order chi connectivity index (χ1) is 13.0. The summed E-state index contributed by atoms with van der Waals surface area (Å²) in [5, 5.41) is 21.9. The van der Waals surface area contributed by atoms with Crippen molar-refractivity contribution in [2.45, 2.75) is 24.3 Å². The molecule has 3 aromatic heterocycles. The van der Waals surface area contributed by atoms with Crippen molar-refractivity contribution in [3.63, 3.8) is 0 Å². The first-order valence-electron chi connectivity index (χ1n) is 7.79. The fraction of sp³-hybridized carbons (Fsp3) is 0.176. The van der Waals surface area contributed by atoms with Crippen LogP contribution in [0.15, 0.2) is 42.4 Å². The van der Waals surface area contributed by atoms with Gasteiger partial charge in [-0.15, -0.1) is 21.5 Å². The van der Waals surface area contributed by atoms with Crippen molar-refractivity contribution < 1.29 is 13.9 Å². The van der Waals surface area contributed by atoms with Gasteiger partial charge >= 0.3 is 5.63 Å². The number of aryl methyl sites for hydroxylation is 1. The van der Waals surface area contributed by atoms with E-state index in [0.717, 1.165) is 10.7 Å². The molecule has 0 aliphatic carbocycles. The van der Waals surface area contributed by atoms with Crippen LogP contribution in [0.3, 0.4) is 0 Å². The van der Waals surface area contributed by atoms with Gasteiger partial charge in [0.25, 0.3) is 5.22 Å². The number of hydrogen-bond donors (Lipinski definition) is 1. The van der Waals surface area contributed by atoms with E-state index in [0.29, 0.717) is 34.2 Å². The Kier molecular flexibility index (Phi) is 4.90. The normalized spacial score (nSPS) is 11.3. The Morgan fingerprint density at radius 1 is 1.26 bits per heavy atom. The van der Waals surface area contributed by atoms with Gasteiger partial charge in [-0.1, -0.05) is 23.4 Å². The molecular weight excluding hydrogens is 410 g/mol. The molecule has 3 heterocycles. The Labute approximate surface area is 166 Å². The maximum absolute atomic E-state index is 11.8. The van der Waals surface area contributed by atoms with Gasteiger partial charge in [-0.3, -0.25) is 0 Å². The predicted molar refractivity (Wildman–Crippen MR) is 103 cm³/mol. The fourth-order valence-corrected chi connectivity index (χ4v) is 4.05. The van der Waals surface area contributed by atoms with Gasteiger partial charge < -0.3 is 13.9 Å². The van der Waals surface area contributed by atoms with Gasteiger partial charge in [0, 0.05) is 28.7 Å². The molecule has 1 N–H and O–H groups in total. The number of benzene rings is 1. The maximum atomic E-state index is 11.8. The molecule has 0 bridgehead atoms. The second-order valence-corrected chi connectivity index (χ2v) is 8.07. The van der Waals surface area contributed by atoms with Crippen LogP contribution in [-0.4, -0.2) is 20.3 Å². The van der Waals surface area contributed by atoms with Crippen molar-refractivity contribution in [1.82, 2.24) is 15.2 Å². The number of aromatic hydroxyl groups is 1. The van der Waals surface area contributed by atoms with Gasteiger partial charge in [0.1, 0.15) is 11.3 Å². The third kappa shape index (κ3) is 4.00. The number of phenolic OH excluding ortho intramolecular Hbond substituents is 1. The summed E-state index contributed by atoms with van der Waals surface area (Å²) < 4.78 is 10.8. The fourth-order valence-electron chi connectivity index (χ4n) is 2.51. The van der Waals surface area contributed by atoms with Crippen molar-refractivity contribution in [2.24, 2.45) is 0 Å². The molecule has 0 saturated heterocycles. The monoisotopic (exact) mass is 421 g/mol. The molecule has 0 saturated carbocycles. The molecule has 0 aliphatic heterocycles. The summed E-state index contributed by atoms with van der Waals surface area (Å²) in [5.74, 6) is 0.741. The number of fused-ring (bicyclic) bond motifs is 1. The van der Waals surface area contributed by atoms with Gasteiger partial charge in [0.15, 0.2) is 0 Å². The Bertz CT molecular complexity index is 1180. The zero-order valence-electron chi connectivity index (χ0n) is 13.9. The number of aromatic nitrogens is 3. The van der Waals surface area contributed by atoms with E-state index >= 15 is 0 Å². The van der Waals surface area contributed by atoms with Gasteiger partial charge in [-0.05, 0) is 18.6 Å². The predicted octanol–water partition coefficient (Wildman–Crippen LogP) is 4.18. The Morgan fingerprint density at radius 2 is 2.11 bits per heavy atom. The van der Waals surface area contributed by atoms with Gasteiger partial charge in [-0.25, -0.2) is 9.78 Å². The summed E-state index contributed by atoms with van der Waals surface area (Å²) in [7, 11) is 0. The molecule has 1 aromatic carbocycles. The number of rotatable bonds is 5. The molecule has 0 atom stereocenters. The molecule has 0 amide bonds. The SMILES string of the molecule is Cc1nc(Cc2nnc(SCc3cc(=O)oc4cc(O)c(Cl)cc34)o2)cs1. The molecule has 27 heavy (non-hydrogen) atoms. The van der Waals surface area contributed by atoms with E-state index in [2.05, 4.69) is 15.2 Å². The highest BCUT2D eigenvalue weighted by atomic mass is 35.5. The minimum atomic E-state index is -0.509. The Balaban J connectivity index is 1.53. The lowest BCUT2D eigenvalue weighted by Gasteiger charge is -2.05. The average molecular weight is 422 g/mol. The number of halogens is 1. The molecule has 7 nitrogen and oxygen atoms in total. The van der Waals surface area contributed by atoms with E-state index < -0.39 is 5.63 Å². The standard InChI is InChI=1S/C17H12ClN3O4S2/c1-8-19-10(7-26-8)3-15-20-21-17(25-15)27-6-9-2-16(23)24-14-5-13(22)12(18)4-11(9)14/h2,4-5,7,22H,3,6H2,1H3. The van der Waals surface area contributed by atoms with Crippen LogP contribution in [0.5, 0.6) is 5.75 Å². The van der Waals surface area contributed by atoms with E-state index in [9.17, 15) is 9.90 Å². The molecule has 0 radical (unpaired) electrons. The summed E-state index contributed by atoms with van der Waals surface area (Å²) in [5.41, 5.74) is 1.34. The summed E-state index contributed by atoms with van der Waals surface area (Å²) in [4.78, 5) is 16.1. The molecule has 4 rings (SSSR count). The molecule has 4 aromatic rings. The average Bonchev–Trinajstić information content (AvgIpc) is 3.23. The zero-order valence-corrected chi connectivity index (χ0v) is 16.3. The highest BCUT2D eigenvalue weighted by molar-refractivity contribution is 7.98. The number of thiazole rings is 1. The van der Waals surface area contributed by atoms with Crippen LogP contribution < -0.4 is 5.63 Å². The minimum absolute atomic E-state index is 0.143. The van der Waals surface area contributed by atoms with E-state index in [-0.39, 0.29) is 16.4 Å². The lowest BCUT2D eigenvalue weighted by molar-refractivity contribution is 0.419. The molecular formula is C17H12ClN3O4S2. The Morgan fingerprint density at radius 3 is 2.89 bits per heavy atom. The van der Waals surface area contributed by atoms with Crippen LogP contribution in [0.4, 0.5) is 0 Å². The molecule has 0 spiro atoms. The van der Waals surface area contributed by atoms with E-state index in [1.54, 1.807) is 17.4 Å². The molecule has 0 unspecified atom stereocenters. The van der Waals surface area contributed by atoms with Crippen molar-refractivity contribution >= 4 is 45.7 Å².